The second-order valence-corrected chi connectivity index (χ2v) is 10.6. The van der Waals surface area contributed by atoms with Crippen LogP contribution in [0.2, 0.25) is 0 Å². The first-order valence-corrected chi connectivity index (χ1v) is 12.6. The average Bonchev–Trinajstić information content (AvgIpc) is 3.46. The smallest absolute Gasteiger partial charge is 0.243 e. The topological polar surface area (TPSA) is 69.7 Å². The summed E-state index contributed by atoms with van der Waals surface area (Å²) in [6.45, 7) is 4.31. The van der Waals surface area contributed by atoms with Crippen molar-refractivity contribution in [1.29, 1.82) is 0 Å². The molecule has 4 rings (SSSR count). The van der Waals surface area contributed by atoms with Gasteiger partial charge in [0.15, 0.2) is 0 Å². The number of anilines is 1. The van der Waals surface area contributed by atoms with E-state index in [1.165, 1.54) is 22.7 Å². The highest BCUT2D eigenvalue weighted by atomic mass is 32.2. The Bertz CT molecular complexity index is 1000. The van der Waals surface area contributed by atoms with Crippen molar-refractivity contribution >= 4 is 21.6 Å². The van der Waals surface area contributed by atoms with Crippen LogP contribution in [0.4, 0.5) is 5.69 Å². The van der Waals surface area contributed by atoms with Gasteiger partial charge in [-0.05, 0) is 62.3 Å². The van der Waals surface area contributed by atoms with Crippen LogP contribution >= 0.6 is 0 Å². The molecular weight excluding hydrogens is 410 g/mol. The number of benzene rings is 2. The molecule has 1 aliphatic heterocycles. The summed E-state index contributed by atoms with van der Waals surface area (Å²) in [6.07, 6.45) is 4.22. The fourth-order valence-corrected chi connectivity index (χ4v) is 5.80. The standard InChI is InChI=1S/C24H31N3O3S/c1-19(21-12-13-21)26(17-20-8-3-2-4-9-20)18-24(28)25-22-10-7-11-23(16-22)31(29,30)27-14-5-6-15-27/h2-4,7-11,16,19,21H,5-6,12-15,17-18H2,1H3,(H,25,28). The largest absolute Gasteiger partial charge is 0.325 e. The van der Waals surface area contributed by atoms with Crippen LogP contribution in [0.3, 0.4) is 0 Å². The van der Waals surface area contributed by atoms with Crippen LogP contribution in [0.25, 0.3) is 0 Å². The van der Waals surface area contributed by atoms with Crippen molar-refractivity contribution in [2.45, 2.75) is 50.1 Å². The van der Waals surface area contributed by atoms with E-state index in [1.54, 1.807) is 24.3 Å². The van der Waals surface area contributed by atoms with Gasteiger partial charge in [0.05, 0.1) is 11.4 Å². The molecule has 1 N–H and O–H groups in total. The van der Waals surface area contributed by atoms with Gasteiger partial charge in [-0.15, -0.1) is 0 Å². The van der Waals surface area contributed by atoms with E-state index in [-0.39, 0.29) is 17.3 Å². The molecule has 1 unspecified atom stereocenters. The molecule has 0 radical (unpaired) electrons. The van der Waals surface area contributed by atoms with Gasteiger partial charge in [-0.2, -0.15) is 4.31 Å². The van der Waals surface area contributed by atoms with Gasteiger partial charge in [-0.25, -0.2) is 8.42 Å². The normalized spacial score (nSPS) is 18.3. The van der Waals surface area contributed by atoms with Gasteiger partial charge in [0, 0.05) is 31.4 Å². The fourth-order valence-electron chi connectivity index (χ4n) is 4.24. The quantitative estimate of drug-likeness (QED) is 0.644. The maximum Gasteiger partial charge on any atom is 0.243 e. The molecule has 166 valence electrons. The number of rotatable bonds is 9. The molecule has 2 aromatic carbocycles. The molecule has 0 spiro atoms. The molecule has 6 nitrogen and oxygen atoms in total. The van der Waals surface area contributed by atoms with Gasteiger partial charge < -0.3 is 5.32 Å². The van der Waals surface area contributed by atoms with Crippen molar-refractivity contribution < 1.29 is 13.2 Å². The molecule has 0 bridgehead atoms. The molecule has 1 aliphatic carbocycles. The van der Waals surface area contributed by atoms with E-state index < -0.39 is 10.0 Å². The summed E-state index contributed by atoms with van der Waals surface area (Å²) >= 11 is 0. The Morgan fingerprint density at radius 1 is 1.10 bits per heavy atom. The second kappa shape index (κ2) is 9.51. The molecular formula is C24H31N3O3S. The molecule has 2 aliphatic rings. The maximum absolute atomic E-state index is 12.9. The third-order valence-electron chi connectivity index (χ3n) is 6.28. The van der Waals surface area contributed by atoms with Crippen molar-refractivity contribution in [3.05, 3.63) is 60.2 Å². The molecule has 1 saturated carbocycles. The Kier molecular flexibility index (Phi) is 6.74. The summed E-state index contributed by atoms with van der Waals surface area (Å²) in [5, 5.41) is 2.91. The summed E-state index contributed by atoms with van der Waals surface area (Å²) in [5.74, 6) is 0.518. The van der Waals surface area contributed by atoms with E-state index in [0.29, 0.717) is 30.7 Å². The number of carbonyl (C=O) groups is 1. The van der Waals surface area contributed by atoms with Crippen LogP contribution in [0.15, 0.2) is 59.5 Å². The first-order chi connectivity index (χ1) is 14.9. The predicted molar refractivity (Wildman–Crippen MR) is 122 cm³/mol. The molecule has 0 aromatic heterocycles. The highest BCUT2D eigenvalue weighted by molar-refractivity contribution is 7.89. The maximum atomic E-state index is 12.9. The van der Waals surface area contributed by atoms with E-state index in [0.717, 1.165) is 19.4 Å². The molecule has 1 amide bonds. The molecule has 2 aromatic rings. The molecule has 1 atom stereocenters. The zero-order valence-corrected chi connectivity index (χ0v) is 18.9. The van der Waals surface area contributed by atoms with E-state index >= 15 is 0 Å². The highest BCUT2D eigenvalue weighted by Gasteiger charge is 2.33. The van der Waals surface area contributed by atoms with E-state index in [1.807, 2.05) is 18.2 Å². The van der Waals surface area contributed by atoms with Crippen molar-refractivity contribution in [3.63, 3.8) is 0 Å². The monoisotopic (exact) mass is 441 g/mol. The van der Waals surface area contributed by atoms with Crippen LogP contribution in [-0.4, -0.2) is 49.2 Å². The molecule has 2 fully saturated rings. The average molecular weight is 442 g/mol. The second-order valence-electron chi connectivity index (χ2n) is 8.66. The van der Waals surface area contributed by atoms with Crippen molar-refractivity contribution in [2.75, 3.05) is 25.0 Å². The Labute approximate surface area is 185 Å². The predicted octanol–water partition coefficient (Wildman–Crippen LogP) is 3.71. The van der Waals surface area contributed by atoms with Crippen molar-refractivity contribution in [3.8, 4) is 0 Å². The summed E-state index contributed by atoms with van der Waals surface area (Å²) in [7, 11) is -3.51. The lowest BCUT2D eigenvalue weighted by atomic mass is 10.1. The van der Waals surface area contributed by atoms with Gasteiger partial charge in [0.25, 0.3) is 0 Å². The van der Waals surface area contributed by atoms with Gasteiger partial charge in [-0.3, -0.25) is 9.69 Å². The van der Waals surface area contributed by atoms with Crippen LogP contribution in [0.5, 0.6) is 0 Å². The van der Waals surface area contributed by atoms with Gasteiger partial charge in [0.2, 0.25) is 15.9 Å². The van der Waals surface area contributed by atoms with Crippen LogP contribution < -0.4 is 5.32 Å². The first-order valence-electron chi connectivity index (χ1n) is 11.1. The summed E-state index contributed by atoms with van der Waals surface area (Å²) < 4.78 is 27.2. The molecule has 31 heavy (non-hydrogen) atoms. The summed E-state index contributed by atoms with van der Waals surface area (Å²) in [4.78, 5) is 15.3. The third-order valence-corrected chi connectivity index (χ3v) is 8.17. The summed E-state index contributed by atoms with van der Waals surface area (Å²) in [5.41, 5.74) is 1.70. The Morgan fingerprint density at radius 2 is 1.81 bits per heavy atom. The fraction of sp³-hybridized carbons (Fsp3) is 0.458. The molecule has 7 heteroatoms. The number of amides is 1. The SMILES string of the molecule is CC(C1CC1)N(CC(=O)Nc1cccc(S(=O)(=O)N2CCCC2)c1)Cc1ccccc1. The lowest BCUT2D eigenvalue weighted by Gasteiger charge is -2.28. The number of carbonyl (C=O) groups excluding carboxylic acids is 1. The number of sulfonamides is 1. The van der Waals surface area contributed by atoms with Gasteiger partial charge in [0.1, 0.15) is 0 Å². The zero-order chi connectivity index (χ0) is 21.8. The number of nitrogens with one attached hydrogen (secondary N) is 1. The van der Waals surface area contributed by atoms with Gasteiger partial charge >= 0.3 is 0 Å². The lowest BCUT2D eigenvalue weighted by molar-refractivity contribution is -0.118. The van der Waals surface area contributed by atoms with E-state index in [2.05, 4.69) is 29.3 Å². The zero-order valence-electron chi connectivity index (χ0n) is 18.0. The molecule has 1 saturated heterocycles. The minimum Gasteiger partial charge on any atom is -0.325 e. The Hall–Kier alpha value is -2.22. The Morgan fingerprint density at radius 3 is 2.48 bits per heavy atom. The number of hydrogen-bond acceptors (Lipinski definition) is 4. The van der Waals surface area contributed by atoms with Crippen LogP contribution in [-0.2, 0) is 21.4 Å². The Balaban J connectivity index is 1.44. The van der Waals surface area contributed by atoms with E-state index in [9.17, 15) is 13.2 Å². The van der Waals surface area contributed by atoms with E-state index in [4.69, 9.17) is 0 Å². The number of nitrogens with zero attached hydrogens (tertiary/aromatic N) is 2. The minimum atomic E-state index is -3.51. The first kappa shape index (κ1) is 22.0. The third kappa shape index (κ3) is 5.53. The highest BCUT2D eigenvalue weighted by Crippen LogP contribution is 2.35. The van der Waals surface area contributed by atoms with Crippen molar-refractivity contribution in [2.24, 2.45) is 5.92 Å². The lowest BCUT2D eigenvalue weighted by Crippen LogP contribution is -2.40. The van der Waals surface area contributed by atoms with Crippen molar-refractivity contribution in [1.82, 2.24) is 9.21 Å². The van der Waals surface area contributed by atoms with Crippen LogP contribution in [0, 0.1) is 5.92 Å². The minimum absolute atomic E-state index is 0.126. The number of hydrogen-bond donors (Lipinski definition) is 1. The van der Waals surface area contributed by atoms with Gasteiger partial charge in [-0.1, -0.05) is 36.4 Å². The summed E-state index contributed by atoms with van der Waals surface area (Å²) in [6, 6.07) is 17.1. The van der Waals surface area contributed by atoms with Crippen LogP contribution in [0.1, 0.15) is 38.2 Å². The molecule has 1 heterocycles.